The van der Waals surface area contributed by atoms with Crippen molar-refractivity contribution in [2.45, 2.75) is 19.6 Å². The predicted octanol–water partition coefficient (Wildman–Crippen LogP) is 1.79. The van der Waals surface area contributed by atoms with E-state index < -0.39 is 12.7 Å². The summed E-state index contributed by atoms with van der Waals surface area (Å²) < 4.78 is 37.7. The number of tetrazole rings is 1. The minimum atomic E-state index is -4.39. The molecule has 96 valence electrons. The SMILES string of the molecule is Cc1ccc(N)c(-c2nnnn2CC(F)(F)F)c1. The van der Waals surface area contributed by atoms with E-state index in [9.17, 15) is 13.2 Å². The summed E-state index contributed by atoms with van der Waals surface area (Å²) in [6.45, 7) is 0.559. The molecule has 0 spiro atoms. The second kappa shape index (κ2) is 4.28. The third-order valence-electron chi connectivity index (χ3n) is 2.31. The minimum absolute atomic E-state index is 0.00789. The summed E-state index contributed by atoms with van der Waals surface area (Å²) >= 11 is 0. The molecule has 0 aliphatic heterocycles. The average Bonchev–Trinajstić information content (AvgIpc) is 2.67. The van der Waals surface area contributed by atoms with Gasteiger partial charge >= 0.3 is 6.18 Å². The first kappa shape index (κ1) is 12.3. The first-order valence-electron chi connectivity index (χ1n) is 5.06. The van der Waals surface area contributed by atoms with Crippen LogP contribution in [0.5, 0.6) is 0 Å². The summed E-state index contributed by atoms with van der Waals surface area (Å²) in [5.41, 5.74) is 7.31. The van der Waals surface area contributed by atoms with Gasteiger partial charge in [-0.3, -0.25) is 0 Å². The van der Waals surface area contributed by atoms with Crippen LogP contribution >= 0.6 is 0 Å². The summed E-state index contributed by atoms with van der Waals surface area (Å²) in [7, 11) is 0. The molecule has 0 fully saturated rings. The number of hydrogen-bond donors (Lipinski definition) is 1. The maximum Gasteiger partial charge on any atom is 0.408 e. The van der Waals surface area contributed by atoms with Gasteiger partial charge in [0.05, 0.1) is 0 Å². The van der Waals surface area contributed by atoms with Gasteiger partial charge in [-0.15, -0.1) is 5.10 Å². The summed E-state index contributed by atoms with van der Waals surface area (Å²) in [4.78, 5) is 0. The molecule has 0 aliphatic carbocycles. The lowest BCUT2D eigenvalue weighted by Gasteiger charge is -2.09. The number of nitrogens with two attached hydrogens (primary N) is 1. The smallest absolute Gasteiger partial charge is 0.398 e. The molecule has 0 atom stereocenters. The Morgan fingerprint density at radius 3 is 2.72 bits per heavy atom. The zero-order valence-corrected chi connectivity index (χ0v) is 9.44. The zero-order valence-electron chi connectivity index (χ0n) is 9.44. The van der Waals surface area contributed by atoms with Crippen molar-refractivity contribution in [3.8, 4) is 11.4 Å². The molecule has 2 N–H and O–H groups in total. The van der Waals surface area contributed by atoms with Crippen molar-refractivity contribution >= 4 is 5.69 Å². The topological polar surface area (TPSA) is 69.6 Å². The lowest BCUT2D eigenvalue weighted by atomic mass is 10.1. The van der Waals surface area contributed by atoms with E-state index in [-0.39, 0.29) is 5.82 Å². The maximum absolute atomic E-state index is 12.3. The van der Waals surface area contributed by atoms with Crippen LogP contribution in [0.25, 0.3) is 11.4 Å². The third kappa shape index (κ3) is 2.58. The number of nitrogens with zero attached hydrogens (tertiary/aromatic N) is 4. The molecule has 0 aliphatic rings. The largest absolute Gasteiger partial charge is 0.408 e. The van der Waals surface area contributed by atoms with Crippen molar-refractivity contribution in [2.24, 2.45) is 0 Å². The van der Waals surface area contributed by atoms with E-state index in [2.05, 4.69) is 15.5 Å². The quantitative estimate of drug-likeness (QED) is 0.833. The van der Waals surface area contributed by atoms with Crippen molar-refractivity contribution in [3.63, 3.8) is 0 Å². The molecule has 0 saturated heterocycles. The van der Waals surface area contributed by atoms with Crippen molar-refractivity contribution in [1.82, 2.24) is 20.2 Å². The lowest BCUT2D eigenvalue weighted by Crippen LogP contribution is -2.19. The molecule has 2 aromatic rings. The van der Waals surface area contributed by atoms with Crippen molar-refractivity contribution in [3.05, 3.63) is 23.8 Å². The molecule has 0 radical (unpaired) electrons. The molecule has 0 unspecified atom stereocenters. The van der Waals surface area contributed by atoms with Crippen LogP contribution in [-0.4, -0.2) is 26.4 Å². The van der Waals surface area contributed by atoms with E-state index in [4.69, 9.17) is 5.73 Å². The molecule has 8 heteroatoms. The summed E-state index contributed by atoms with van der Waals surface area (Å²) in [5.74, 6) is 0.00789. The molecular weight excluding hydrogens is 247 g/mol. The number of nitrogen functional groups attached to an aromatic ring is 1. The summed E-state index contributed by atoms with van der Waals surface area (Å²) in [6, 6.07) is 5.02. The van der Waals surface area contributed by atoms with Gasteiger partial charge in [-0.25, -0.2) is 4.68 Å². The molecule has 1 aromatic heterocycles. The van der Waals surface area contributed by atoms with Crippen LogP contribution in [0.1, 0.15) is 5.56 Å². The number of rotatable bonds is 2. The fourth-order valence-corrected chi connectivity index (χ4v) is 1.54. The Labute approximate surface area is 100 Å². The fraction of sp³-hybridized carbons (Fsp3) is 0.300. The van der Waals surface area contributed by atoms with Crippen LogP contribution in [0.2, 0.25) is 0 Å². The Hall–Kier alpha value is -2.12. The van der Waals surface area contributed by atoms with Gasteiger partial charge in [0.15, 0.2) is 5.82 Å². The zero-order chi connectivity index (χ0) is 13.3. The van der Waals surface area contributed by atoms with Crippen LogP contribution < -0.4 is 5.73 Å². The Balaban J connectivity index is 2.45. The number of hydrogen-bond acceptors (Lipinski definition) is 4. The predicted molar refractivity (Wildman–Crippen MR) is 58.5 cm³/mol. The van der Waals surface area contributed by atoms with E-state index >= 15 is 0 Å². The van der Waals surface area contributed by atoms with Crippen molar-refractivity contribution in [2.75, 3.05) is 5.73 Å². The summed E-state index contributed by atoms with van der Waals surface area (Å²) in [5, 5.41) is 10.2. The number of alkyl halides is 3. The van der Waals surface area contributed by atoms with Crippen LogP contribution in [0, 0.1) is 6.92 Å². The third-order valence-corrected chi connectivity index (χ3v) is 2.31. The van der Waals surface area contributed by atoms with Crippen LogP contribution in [0.15, 0.2) is 18.2 Å². The molecule has 1 aromatic carbocycles. The van der Waals surface area contributed by atoms with E-state index in [1.165, 1.54) is 0 Å². The first-order valence-corrected chi connectivity index (χ1v) is 5.06. The second-order valence-electron chi connectivity index (χ2n) is 3.87. The molecule has 0 saturated carbocycles. The van der Waals surface area contributed by atoms with Gasteiger partial charge in [-0.1, -0.05) is 11.6 Å². The number of benzene rings is 1. The molecule has 0 bridgehead atoms. The number of anilines is 1. The van der Waals surface area contributed by atoms with Crippen LogP contribution in [-0.2, 0) is 6.54 Å². The molecule has 2 rings (SSSR count). The standard InChI is InChI=1S/C10H10F3N5/c1-6-2-3-8(14)7(4-6)9-15-16-17-18(9)5-10(11,12)13/h2-4H,5,14H2,1H3. The van der Waals surface area contributed by atoms with E-state index in [0.717, 1.165) is 5.56 Å². The number of aromatic nitrogens is 4. The van der Waals surface area contributed by atoms with E-state index in [0.29, 0.717) is 15.9 Å². The van der Waals surface area contributed by atoms with Gasteiger partial charge in [0.1, 0.15) is 6.54 Å². The monoisotopic (exact) mass is 257 g/mol. The van der Waals surface area contributed by atoms with Gasteiger partial charge in [-0.05, 0) is 29.5 Å². The molecule has 18 heavy (non-hydrogen) atoms. The van der Waals surface area contributed by atoms with Gasteiger partial charge in [-0.2, -0.15) is 13.2 Å². The van der Waals surface area contributed by atoms with Crippen molar-refractivity contribution in [1.29, 1.82) is 0 Å². The number of halogens is 3. The molecule has 1 heterocycles. The minimum Gasteiger partial charge on any atom is -0.398 e. The van der Waals surface area contributed by atoms with Gasteiger partial charge in [0, 0.05) is 11.3 Å². The molecule has 0 amide bonds. The second-order valence-corrected chi connectivity index (χ2v) is 3.87. The van der Waals surface area contributed by atoms with Crippen molar-refractivity contribution < 1.29 is 13.2 Å². The van der Waals surface area contributed by atoms with E-state index in [1.807, 2.05) is 0 Å². The Bertz CT molecular complexity index is 561. The Morgan fingerprint density at radius 2 is 2.06 bits per heavy atom. The number of aryl methyl sites for hydroxylation is 1. The highest BCUT2D eigenvalue weighted by Crippen LogP contribution is 2.26. The molecular formula is C10H10F3N5. The summed E-state index contributed by atoms with van der Waals surface area (Å²) in [6.07, 6.45) is -4.39. The highest BCUT2D eigenvalue weighted by molar-refractivity contribution is 5.71. The van der Waals surface area contributed by atoms with Gasteiger partial charge in [0.2, 0.25) is 0 Å². The Kier molecular flexibility index (Phi) is 2.93. The Morgan fingerprint density at radius 1 is 1.33 bits per heavy atom. The first-order chi connectivity index (χ1) is 8.37. The maximum atomic E-state index is 12.3. The average molecular weight is 257 g/mol. The van der Waals surface area contributed by atoms with Gasteiger partial charge in [0.25, 0.3) is 0 Å². The highest BCUT2D eigenvalue weighted by Gasteiger charge is 2.30. The highest BCUT2D eigenvalue weighted by atomic mass is 19.4. The lowest BCUT2D eigenvalue weighted by molar-refractivity contribution is -0.142. The van der Waals surface area contributed by atoms with Crippen LogP contribution in [0.4, 0.5) is 18.9 Å². The van der Waals surface area contributed by atoms with E-state index in [1.54, 1.807) is 25.1 Å². The fourth-order valence-electron chi connectivity index (χ4n) is 1.54. The van der Waals surface area contributed by atoms with Crippen LogP contribution in [0.3, 0.4) is 0 Å². The molecule has 5 nitrogen and oxygen atoms in total. The normalized spacial score (nSPS) is 11.8. The van der Waals surface area contributed by atoms with Gasteiger partial charge < -0.3 is 5.73 Å².